The molecule has 20 heteroatoms. The average Bonchev–Trinajstić information content (AvgIpc) is 2.82. The van der Waals surface area contributed by atoms with Gasteiger partial charge in [0.25, 0.3) is 0 Å². The van der Waals surface area contributed by atoms with Crippen molar-refractivity contribution >= 4 is 11.9 Å². The number of esters is 2. The fourth-order valence-electron chi connectivity index (χ4n) is 4.18. The molecule has 2 unspecified atom stereocenters. The summed E-state index contributed by atoms with van der Waals surface area (Å²) in [6.07, 6.45) is -6.58. The maximum atomic E-state index is 14.1. The van der Waals surface area contributed by atoms with Crippen LogP contribution in [-0.4, -0.2) is 72.0 Å². The SMILES string of the molecule is CCC(CC(C)C(=O)OC(C)(C)CC(C)(C)C)C(=O)OCC(F)(F)C(F)(F)C(F)(F)C(F)(F)C(F)(F)C(F)(F)C(F)(F)C(F)F. The van der Waals surface area contributed by atoms with Gasteiger partial charge in [0, 0.05) is 0 Å². The molecule has 0 heterocycles. The van der Waals surface area contributed by atoms with E-state index < -0.39 is 96.7 Å². The highest BCUT2D eigenvalue weighted by Crippen LogP contribution is 2.62. The zero-order valence-corrected chi connectivity index (χ0v) is 24.7. The largest absolute Gasteiger partial charge is 0.459 e. The van der Waals surface area contributed by atoms with Gasteiger partial charge in [-0.15, -0.1) is 0 Å². The average molecular weight is 700 g/mol. The van der Waals surface area contributed by atoms with Crippen LogP contribution >= 0.6 is 0 Å². The Bertz CT molecular complexity index is 1030. The normalized spacial score (nSPS) is 16.4. The molecular weight excluding hydrogens is 668 g/mol. The van der Waals surface area contributed by atoms with Crippen LogP contribution in [0.1, 0.15) is 67.7 Å². The van der Waals surface area contributed by atoms with E-state index in [-0.39, 0.29) is 5.41 Å². The Hall–Kier alpha value is -2.18. The molecule has 0 aromatic heterocycles. The van der Waals surface area contributed by atoms with Gasteiger partial charge in [-0.2, -0.15) is 61.5 Å². The van der Waals surface area contributed by atoms with Gasteiger partial charge in [-0.05, 0) is 38.5 Å². The van der Waals surface area contributed by atoms with E-state index in [4.69, 9.17) is 4.74 Å². The van der Waals surface area contributed by atoms with E-state index in [0.29, 0.717) is 6.42 Å². The van der Waals surface area contributed by atoms with Crippen molar-refractivity contribution in [2.75, 3.05) is 6.61 Å². The van der Waals surface area contributed by atoms with E-state index >= 15 is 0 Å². The lowest BCUT2D eigenvalue weighted by atomic mass is 9.83. The first kappa shape index (κ1) is 42.8. The number of halogens is 16. The Morgan fingerprint density at radius 3 is 1.42 bits per heavy atom. The second-order valence-electron chi connectivity index (χ2n) is 12.3. The van der Waals surface area contributed by atoms with Crippen LogP contribution in [0.4, 0.5) is 70.2 Å². The van der Waals surface area contributed by atoms with Gasteiger partial charge in [-0.1, -0.05) is 34.6 Å². The molecule has 0 radical (unpaired) electrons. The Morgan fingerprint density at radius 2 is 1.04 bits per heavy atom. The van der Waals surface area contributed by atoms with E-state index in [1.165, 1.54) is 27.7 Å². The molecule has 0 aromatic rings. The van der Waals surface area contributed by atoms with Crippen LogP contribution in [0.5, 0.6) is 0 Å². The minimum Gasteiger partial charge on any atom is -0.459 e. The molecule has 0 spiro atoms. The van der Waals surface area contributed by atoms with E-state index in [0.717, 1.165) is 0 Å². The summed E-state index contributed by atoms with van der Waals surface area (Å²) in [7, 11) is 0. The first-order valence-corrected chi connectivity index (χ1v) is 12.8. The van der Waals surface area contributed by atoms with Gasteiger partial charge >= 0.3 is 59.8 Å². The maximum absolute atomic E-state index is 14.1. The predicted octanol–water partition coefficient (Wildman–Crippen LogP) is 9.05. The van der Waals surface area contributed by atoms with Crippen molar-refractivity contribution in [1.82, 2.24) is 0 Å². The highest BCUT2D eigenvalue weighted by molar-refractivity contribution is 5.76. The molecule has 0 N–H and O–H groups in total. The molecule has 0 saturated heterocycles. The monoisotopic (exact) mass is 700 g/mol. The molecule has 0 aliphatic heterocycles. The van der Waals surface area contributed by atoms with Gasteiger partial charge in [0.15, 0.2) is 6.61 Å². The Balaban J connectivity index is 6.01. The van der Waals surface area contributed by atoms with Crippen LogP contribution in [0.2, 0.25) is 0 Å². The smallest absolute Gasteiger partial charge is 0.385 e. The minimum atomic E-state index is -8.54. The molecule has 0 rings (SSSR count). The molecule has 0 aliphatic carbocycles. The number of hydrogen-bond donors (Lipinski definition) is 0. The topological polar surface area (TPSA) is 52.6 Å². The van der Waals surface area contributed by atoms with Crippen molar-refractivity contribution in [2.24, 2.45) is 17.3 Å². The molecule has 0 bridgehead atoms. The number of alkyl halides is 16. The van der Waals surface area contributed by atoms with Gasteiger partial charge in [0.1, 0.15) is 5.60 Å². The molecule has 268 valence electrons. The molecule has 4 nitrogen and oxygen atoms in total. The van der Waals surface area contributed by atoms with Gasteiger partial charge in [0.05, 0.1) is 11.8 Å². The minimum absolute atomic E-state index is 0.329. The van der Waals surface area contributed by atoms with Gasteiger partial charge in [-0.25, -0.2) is 8.78 Å². The quantitative estimate of drug-likeness (QED) is 0.119. The molecule has 0 aliphatic rings. The summed E-state index contributed by atoms with van der Waals surface area (Å²) in [6, 6.07) is 0. The second kappa shape index (κ2) is 13.1. The van der Waals surface area contributed by atoms with E-state index in [1.807, 2.05) is 20.8 Å². The highest BCUT2D eigenvalue weighted by Gasteiger charge is 2.93. The summed E-state index contributed by atoms with van der Waals surface area (Å²) in [4.78, 5) is 24.7. The van der Waals surface area contributed by atoms with Crippen LogP contribution < -0.4 is 0 Å². The third kappa shape index (κ3) is 8.41. The first-order chi connectivity index (χ1) is 19.5. The molecule has 0 saturated carbocycles. The van der Waals surface area contributed by atoms with Gasteiger partial charge in [0.2, 0.25) is 0 Å². The molecule has 0 amide bonds. The first-order valence-electron chi connectivity index (χ1n) is 12.8. The molecular formula is C25H32F16O4. The van der Waals surface area contributed by atoms with Crippen molar-refractivity contribution in [1.29, 1.82) is 0 Å². The second-order valence-corrected chi connectivity index (χ2v) is 12.3. The summed E-state index contributed by atoms with van der Waals surface area (Å²) < 4.78 is 225. The van der Waals surface area contributed by atoms with Crippen molar-refractivity contribution < 1.29 is 89.3 Å². The van der Waals surface area contributed by atoms with Crippen molar-refractivity contribution in [3.8, 4) is 0 Å². The summed E-state index contributed by atoms with van der Waals surface area (Å²) in [6.45, 7) is 7.62. The number of ether oxygens (including phenoxy) is 2. The van der Waals surface area contributed by atoms with Gasteiger partial charge in [-0.3, -0.25) is 9.59 Å². The number of carbonyl (C=O) groups is 2. The predicted molar refractivity (Wildman–Crippen MR) is 123 cm³/mol. The van der Waals surface area contributed by atoms with Crippen LogP contribution in [-0.2, 0) is 19.1 Å². The zero-order valence-electron chi connectivity index (χ0n) is 24.7. The lowest BCUT2D eigenvalue weighted by Crippen LogP contribution is -2.74. The number of carbonyl (C=O) groups excluding carboxylic acids is 2. The summed E-state index contributed by atoms with van der Waals surface area (Å²) in [5.41, 5.74) is -1.38. The fraction of sp³-hybridized carbons (Fsp3) is 0.920. The van der Waals surface area contributed by atoms with Crippen LogP contribution in [0.15, 0.2) is 0 Å². The molecule has 45 heavy (non-hydrogen) atoms. The Morgan fingerprint density at radius 1 is 0.644 bits per heavy atom. The van der Waals surface area contributed by atoms with Crippen LogP contribution in [0.25, 0.3) is 0 Å². The van der Waals surface area contributed by atoms with Crippen molar-refractivity contribution in [3.63, 3.8) is 0 Å². The van der Waals surface area contributed by atoms with E-state index in [9.17, 15) is 79.8 Å². The number of rotatable bonds is 16. The molecule has 0 aromatic carbocycles. The van der Waals surface area contributed by atoms with Crippen LogP contribution in [0.3, 0.4) is 0 Å². The van der Waals surface area contributed by atoms with Crippen LogP contribution in [0, 0.1) is 17.3 Å². The summed E-state index contributed by atoms with van der Waals surface area (Å²) in [5.74, 6) is -61.4. The summed E-state index contributed by atoms with van der Waals surface area (Å²) >= 11 is 0. The third-order valence-corrected chi connectivity index (χ3v) is 6.32. The standard InChI is InChI=1S/C25H32F16O4/c1-8-13(9-12(2)14(42)45-18(6,7)10-17(3,4)5)15(43)44-11-19(28,29)21(32,33)23(36,37)25(40,41)24(38,39)22(34,35)20(30,31)16(26)27/h12-13,16H,8-11H2,1-7H3. The highest BCUT2D eigenvalue weighted by atomic mass is 19.4. The lowest BCUT2D eigenvalue weighted by Gasteiger charge is -2.42. The number of hydrogen-bond acceptors (Lipinski definition) is 4. The van der Waals surface area contributed by atoms with E-state index in [2.05, 4.69) is 4.74 Å². The molecule has 2 atom stereocenters. The van der Waals surface area contributed by atoms with E-state index in [1.54, 1.807) is 0 Å². The summed E-state index contributed by atoms with van der Waals surface area (Å²) in [5, 5.41) is 0. The Kier molecular flexibility index (Phi) is 12.5. The van der Waals surface area contributed by atoms with Crippen molar-refractivity contribution in [2.45, 2.75) is 121 Å². The Labute approximate surface area is 247 Å². The maximum Gasteiger partial charge on any atom is 0.385 e. The van der Waals surface area contributed by atoms with Gasteiger partial charge < -0.3 is 9.47 Å². The lowest BCUT2D eigenvalue weighted by molar-refractivity contribution is -0.447. The van der Waals surface area contributed by atoms with Crippen molar-refractivity contribution in [3.05, 3.63) is 0 Å². The third-order valence-electron chi connectivity index (χ3n) is 6.32. The fourth-order valence-corrected chi connectivity index (χ4v) is 4.18. The molecule has 0 fully saturated rings. The zero-order chi connectivity index (χ0) is 36.6.